The number of carbonyl (C=O) groups is 2. The number of hydrogen-bond acceptors (Lipinski definition) is 6. The Hall–Kier alpha value is -1.92. The van der Waals surface area contributed by atoms with Crippen LogP contribution in [0.25, 0.3) is 0 Å². The topological polar surface area (TPSA) is 81.9 Å². The summed E-state index contributed by atoms with van der Waals surface area (Å²) in [6.07, 6.45) is 0.711. The first-order valence-corrected chi connectivity index (χ1v) is 5.69. The summed E-state index contributed by atoms with van der Waals surface area (Å²) < 4.78 is 5.25. The van der Waals surface area contributed by atoms with Crippen LogP contribution >= 0.6 is 0 Å². The van der Waals surface area contributed by atoms with Gasteiger partial charge in [0.25, 0.3) is 0 Å². The molecule has 0 bridgehead atoms. The van der Waals surface area contributed by atoms with E-state index in [4.69, 9.17) is 15.3 Å². The van der Waals surface area contributed by atoms with Crippen LogP contribution in [-0.2, 0) is 31.3 Å². The number of hydrogen-bond donors (Lipinski definition) is 1. The molecule has 1 saturated heterocycles. The third kappa shape index (κ3) is 1.36. The number of ether oxygens (including phenoxy) is 1. The summed E-state index contributed by atoms with van der Waals surface area (Å²) in [7, 11) is 0. The molecular formula is C12H12N2O4. The number of benzene rings is 1. The van der Waals surface area contributed by atoms with Crippen molar-refractivity contribution in [2.24, 2.45) is 5.73 Å². The van der Waals surface area contributed by atoms with Gasteiger partial charge in [0.05, 0.1) is 6.54 Å². The van der Waals surface area contributed by atoms with Crippen LogP contribution in [0.5, 0.6) is 0 Å². The van der Waals surface area contributed by atoms with E-state index in [2.05, 4.69) is 0 Å². The molecular weight excluding hydrogens is 236 g/mol. The summed E-state index contributed by atoms with van der Waals surface area (Å²) in [5.74, 6) is -2.01. The van der Waals surface area contributed by atoms with E-state index < -0.39 is 17.7 Å². The van der Waals surface area contributed by atoms with E-state index >= 15 is 0 Å². The van der Waals surface area contributed by atoms with Gasteiger partial charge in [-0.25, -0.2) is 9.59 Å². The Labute approximate surface area is 103 Å². The minimum Gasteiger partial charge on any atom is -0.426 e. The predicted molar refractivity (Wildman–Crippen MR) is 59.8 cm³/mol. The number of esters is 1. The molecule has 0 unspecified atom stereocenters. The molecule has 1 atom stereocenters. The van der Waals surface area contributed by atoms with Crippen molar-refractivity contribution in [3.05, 3.63) is 35.4 Å². The Morgan fingerprint density at radius 2 is 2.06 bits per heavy atom. The molecule has 6 heteroatoms. The summed E-state index contributed by atoms with van der Waals surface area (Å²) in [6.45, 7) is 0.482. The van der Waals surface area contributed by atoms with Crippen molar-refractivity contribution < 1.29 is 19.2 Å². The van der Waals surface area contributed by atoms with Crippen LogP contribution in [0.2, 0.25) is 0 Å². The van der Waals surface area contributed by atoms with Crippen LogP contribution in [-0.4, -0.2) is 30.1 Å². The highest BCUT2D eigenvalue weighted by Crippen LogP contribution is 2.38. The highest BCUT2D eigenvalue weighted by Gasteiger charge is 2.52. The van der Waals surface area contributed by atoms with Crippen molar-refractivity contribution in [3.63, 3.8) is 0 Å². The first-order chi connectivity index (χ1) is 8.67. The number of carbonyl (C=O) groups excluding carboxylic acids is 2. The molecule has 1 fully saturated rings. The number of nitrogens with zero attached hydrogens (tertiary/aromatic N) is 1. The van der Waals surface area contributed by atoms with Crippen molar-refractivity contribution in [2.45, 2.75) is 12.1 Å². The normalized spacial score (nSPS) is 26.9. The van der Waals surface area contributed by atoms with E-state index in [-0.39, 0.29) is 6.54 Å². The molecule has 0 saturated carbocycles. The van der Waals surface area contributed by atoms with E-state index in [0.29, 0.717) is 13.0 Å². The molecule has 2 N–H and O–H groups in total. The van der Waals surface area contributed by atoms with Gasteiger partial charge in [-0.2, -0.15) is 0 Å². The molecule has 0 radical (unpaired) electrons. The maximum absolute atomic E-state index is 11.4. The SMILES string of the molecule is NC[C@@]12OC(=O)C(=O)ON1CCc1ccccc12. The van der Waals surface area contributed by atoms with Crippen molar-refractivity contribution in [1.82, 2.24) is 5.06 Å². The minimum absolute atomic E-state index is 0.0308. The van der Waals surface area contributed by atoms with E-state index in [1.54, 1.807) is 0 Å². The molecule has 0 amide bonds. The Balaban J connectivity index is 2.13. The molecule has 94 valence electrons. The second-order valence-electron chi connectivity index (χ2n) is 4.27. The average Bonchev–Trinajstić information content (AvgIpc) is 2.40. The third-order valence-electron chi connectivity index (χ3n) is 3.32. The number of rotatable bonds is 1. The fourth-order valence-corrected chi connectivity index (χ4v) is 2.47. The van der Waals surface area contributed by atoms with Gasteiger partial charge in [0.1, 0.15) is 0 Å². The highest BCUT2D eigenvalue weighted by molar-refractivity contribution is 6.30. The summed E-state index contributed by atoms with van der Waals surface area (Å²) in [5.41, 5.74) is 6.40. The van der Waals surface area contributed by atoms with Crippen LogP contribution < -0.4 is 5.73 Å². The molecule has 2 aliphatic heterocycles. The second kappa shape index (κ2) is 3.79. The maximum atomic E-state index is 11.4. The van der Waals surface area contributed by atoms with Gasteiger partial charge in [0, 0.05) is 12.1 Å². The van der Waals surface area contributed by atoms with Crippen LogP contribution in [0.3, 0.4) is 0 Å². The lowest BCUT2D eigenvalue weighted by Crippen LogP contribution is -2.62. The Morgan fingerprint density at radius 1 is 1.28 bits per heavy atom. The van der Waals surface area contributed by atoms with Crippen LogP contribution in [0, 0.1) is 0 Å². The molecule has 1 aromatic carbocycles. The Bertz CT molecular complexity index is 531. The average molecular weight is 248 g/mol. The maximum Gasteiger partial charge on any atom is 0.436 e. The fourth-order valence-electron chi connectivity index (χ4n) is 2.47. The zero-order chi connectivity index (χ0) is 12.8. The van der Waals surface area contributed by atoms with Gasteiger partial charge in [-0.1, -0.05) is 29.3 Å². The second-order valence-corrected chi connectivity index (χ2v) is 4.27. The molecule has 1 aromatic rings. The monoisotopic (exact) mass is 248 g/mol. The van der Waals surface area contributed by atoms with Crippen molar-refractivity contribution in [2.75, 3.05) is 13.1 Å². The highest BCUT2D eigenvalue weighted by atomic mass is 16.8. The van der Waals surface area contributed by atoms with Crippen molar-refractivity contribution in [1.29, 1.82) is 0 Å². The fraction of sp³-hybridized carbons (Fsp3) is 0.333. The molecule has 0 aliphatic carbocycles. The smallest absolute Gasteiger partial charge is 0.426 e. The Morgan fingerprint density at radius 3 is 2.83 bits per heavy atom. The van der Waals surface area contributed by atoms with Gasteiger partial charge >= 0.3 is 11.9 Å². The lowest BCUT2D eigenvalue weighted by Gasteiger charge is -2.46. The van der Waals surface area contributed by atoms with Gasteiger partial charge < -0.3 is 15.3 Å². The van der Waals surface area contributed by atoms with Gasteiger partial charge in [0.15, 0.2) is 0 Å². The zero-order valence-corrected chi connectivity index (χ0v) is 9.59. The molecule has 2 heterocycles. The molecule has 3 rings (SSSR count). The molecule has 18 heavy (non-hydrogen) atoms. The van der Waals surface area contributed by atoms with Gasteiger partial charge in [-0.15, -0.1) is 0 Å². The number of fused-ring (bicyclic) bond motifs is 3. The third-order valence-corrected chi connectivity index (χ3v) is 3.32. The van der Waals surface area contributed by atoms with Crippen LogP contribution in [0.1, 0.15) is 11.1 Å². The quantitative estimate of drug-likeness (QED) is 0.541. The number of hydroxylamine groups is 2. The van der Waals surface area contributed by atoms with E-state index in [0.717, 1.165) is 11.1 Å². The summed E-state index contributed by atoms with van der Waals surface area (Å²) >= 11 is 0. The standard InChI is InChI=1S/C12H12N2O4/c13-7-12-9-4-2-1-3-8(9)5-6-14(12)18-11(16)10(15)17-12/h1-4H,5-7,13H2/t12-/m0/s1. The Kier molecular flexibility index (Phi) is 2.36. The summed E-state index contributed by atoms with van der Waals surface area (Å²) in [5, 5.41) is 1.36. The summed E-state index contributed by atoms with van der Waals surface area (Å²) in [6, 6.07) is 7.54. The lowest BCUT2D eigenvalue weighted by atomic mass is 9.90. The van der Waals surface area contributed by atoms with E-state index in [1.165, 1.54) is 5.06 Å². The van der Waals surface area contributed by atoms with Gasteiger partial charge in [-0.05, 0) is 12.0 Å². The molecule has 0 spiro atoms. The van der Waals surface area contributed by atoms with E-state index in [1.807, 2.05) is 24.3 Å². The van der Waals surface area contributed by atoms with Gasteiger partial charge in [0.2, 0.25) is 5.72 Å². The van der Waals surface area contributed by atoms with Gasteiger partial charge in [-0.3, -0.25) is 0 Å². The molecule has 2 aliphatic rings. The largest absolute Gasteiger partial charge is 0.436 e. The van der Waals surface area contributed by atoms with Crippen LogP contribution in [0.4, 0.5) is 0 Å². The zero-order valence-electron chi connectivity index (χ0n) is 9.59. The number of nitrogens with two attached hydrogens (primary N) is 1. The minimum atomic E-state index is -1.18. The summed E-state index contributed by atoms with van der Waals surface area (Å²) in [4.78, 5) is 27.7. The van der Waals surface area contributed by atoms with E-state index in [9.17, 15) is 9.59 Å². The first kappa shape index (κ1) is 11.2. The predicted octanol–water partition coefficient (Wildman–Crippen LogP) is -0.329. The first-order valence-electron chi connectivity index (χ1n) is 5.69. The van der Waals surface area contributed by atoms with Crippen molar-refractivity contribution >= 4 is 11.9 Å². The lowest BCUT2D eigenvalue weighted by molar-refractivity contribution is -0.313. The van der Waals surface area contributed by atoms with Crippen LogP contribution in [0.15, 0.2) is 24.3 Å². The molecule has 0 aromatic heterocycles. The van der Waals surface area contributed by atoms with Crippen molar-refractivity contribution in [3.8, 4) is 0 Å². The molecule has 6 nitrogen and oxygen atoms in total.